The number of hydrogen-bond acceptors (Lipinski definition) is 3. The second-order valence-corrected chi connectivity index (χ2v) is 7.63. The fourth-order valence-corrected chi connectivity index (χ4v) is 3.98. The van der Waals surface area contributed by atoms with Crippen LogP contribution >= 0.6 is 0 Å². The third-order valence-corrected chi connectivity index (χ3v) is 5.73. The number of aromatic amines is 1. The molecule has 0 aliphatic carbocycles. The number of morpholine rings is 1. The summed E-state index contributed by atoms with van der Waals surface area (Å²) in [7, 11) is 0. The average Bonchev–Trinajstić information content (AvgIpc) is 3.27. The molecule has 1 amide bonds. The number of carbonyl (C=O) groups is 1. The van der Waals surface area contributed by atoms with E-state index in [1.807, 2.05) is 47.6 Å². The van der Waals surface area contributed by atoms with Gasteiger partial charge in [0.15, 0.2) is 0 Å². The highest BCUT2D eigenvalue weighted by Gasteiger charge is 2.19. The maximum absolute atomic E-state index is 12.9. The second-order valence-electron chi connectivity index (χ2n) is 7.63. The monoisotopic (exact) mass is 409 g/mol. The van der Waals surface area contributed by atoms with E-state index >= 15 is 0 Å². The Labute approximate surface area is 181 Å². The number of rotatable bonds is 4. The highest BCUT2D eigenvalue weighted by molar-refractivity contribution is 5.98. The Hall–Kier alpha value is -3.70. The quantitative estimate of drug-likeness (QED) is 0.515. The number of ether oxygens (including phenoxy) is 1. The number of pyridine rings is 1. The van der Waals surface area contributed by atoms with Gasteiger partial charge in [0, 0.05) is 47.6 Å². The van der Waals surface area contributed by atoms with Gasteiger partial charge in [0.05, 0.1) is 13.2 Å². The number of H-pyrrole nitrogens is 1. The Morgan fingerprint density at radius 2 is 1.84 bits per heavy atom. The first-order valence-corrected chi connectivity index (χ1v) is 10.4. The van der Waals surface area contributed by atoms with Gasteiger partial charge in [-0.2, -0.15) is 0 Å². The molecule has 0 spiro atoms. The zero-order valence-electron chi connectivity index (χ0n) is 17.2. The first kappa shape index (κ1) is 19.3. The molecule has 3 heterocycles. The van der Waals surface area contributed by atoms with Gasteiger partial charge in [0.1, 0.15) is 5.65 Å². The van der Waals surface area contributed by atoms with Crippen LogP contribution in [-0.4, -0.2) is 47.1 Å². The molecule has 5 nitrogen and oxygen atoms in total. The van der Waals surface area contributed by atoms with Crippen molar-refractivity contribution in [3.8, 4) is 22.3 Å². The molecule has 2 aromatic carbocycles. The zero-order chi connectivity index (χ0) is 21.2. The van der Waals surface area contributed by atoms with Gasteiger partial charge < -0.3 is 14.6 Å². The number of nitrogens with zero attached hydrogens (tertiary/aromatic N) is 2. The van der Waals surface area contributed by atoms with E-state index in [9.17, 15) is 4.79 Å². The van der Waals surface area contributed by atoms with Crippen LogP contribution in [0.15, 0.2) is 73.6 Å². The molecule has 0 unspecified atom stereocenters. The number of aromatic nitrogens is 2. The minimum absolute atomic E-state index is 0.0452. The summed E-state index contributed by atoms with van der Waals surface area (Å²) >= 11 is 0. The lowest BCUT2D eigenvalue weighted by atomic mass is 10.00. The molecule has 5 heteroatoms. The van der Waals surface area contributed by atoms with Crippen molar-refractivity contribution < 1.29 is 9.53 Å². The van der Waals surface area contributed by atoms with Gasteiger partial charge in [-0.3, -0.25) is 4.79 Å². The topological polar surface area (TPSA) is 58.2 Å². The molecule has 154 valence electrons. The normalized spacial score (nSPS) is 14.0. The Morgan fingerprint density at radius 3 is 2.61 bits per heavy atom. The molecule has 31 heavy (non-hydrogen) atoms. The minimum Gasteiger partial charge on any atom is -0.378 e. The SMILES string of the molecule is C=Cc1ccc(-c2c[nH]c3ncc(-c4cccc(C(=O)N5CCOCC5)c4)cc23)cc1. The summed E-state index contributed by atoms with van der Waals surface area (Å²) in [6.07, 6.45) is 5.67. The molecule has 0 atom stereocenters. The second kappa shape index (κ2) is 8.20. The first-order valence-electron chi connectivity index (χ1n) is 10.4. The maximum Gasteiger partial charge on any atom is 0.254 e. The van der Waals surface area contributed by atoms with Crippen molar-refractivity contribution in [2.75, 3.05) is 26.3 Å². The van der Waals surface area contributed by atoms with Crippen molar-refractivity contribution in [3.63, 3.8) is 0 Å². The number of hydrogen-bond donors (Lipinski definition) is 1. The molecule has 1 aliphatic heterocycles. The van der Waals surface area contributed by atoms with Crippen molar-refractivity contribution in [2.45, 2.75) is 0 Å². The van der Waals surface area contributed by atoms with Gasteiger partial charge in [0.2, 0.25) is 0 Å². The molecule has 1 aliphatic rings. The Balaban J connectivity index is 1.50. The lowest BCUT2D eigenvalue weighted by molar-refractivity contribution is 0.0303. The highest BCUT2D eigenvalue weighted by Crippen LogP contribution is 2.31. The van der Waals surface area contributed by atoms with E-state index in [4.69, 9.17) is 4.74 Å². The smallest absolute Gasteiger partial charge is 0.254 e. The van der Waals surface area contributed by atoms with Crippen molar-refractivity contribution in [2.24, 2.45) is 0 Å². The van der Waals surface area contributed by atoms with Crippen LogP contribution in [0.3, 0.4) is 0 Å². The largest absolute Gasteiger partial charge is 0.378 e. The first-order chi connectivity index (χ1) is 15.2. The van der Waals surface area contributed by atoms with Crippen LogP contribution < -0.4 is 0 Å². The molecule has 2 aromatic heterocycles. The molecule has 1 fully saturated rings. The predicted molar refractivity (Wildman–Crippen MR) is 124 cm³/mol. The van der Waals surface area contributed by atoms with Crippen LogP contribution in [-0.2, 0) is 4.74 Å². The molecule has 1 saturated heterocycles. The van der Waals surface area contributed by atoms with Gasteiger partial charge in [-0.05, 0) is 34.9 Å². The van der Waals surface area contributed by atoms with E-state index in [0.29, 0.717) is 31.9 Å². The summed E-state index contributed by atoms with van der Waals surface area (Å²) in [5.74, 6) is 0.0452. The number of benzene rings is 2. The van der Waals surface area contributed by atoms with Crippen molar-refractivity contribution in [3.05, 3.63) is 84.7 Å². The number of amides is 1. The fourth-order valence-electron chi connectivity index (χ4n) is 3.98. The number of nitrogens with one attached hydrogen (secondary N) is 1. The van der Waals surface area contributed by atoms with Crippen LogP contribution in [0.4, 0.5) is 0 Å². The van der Waals surface area contributed by atoms with Crippen LogP contribution in [0.2, 0.25) is 0 Å². The molecule has 0 radical (unpaired) electrons. The fraction of sp³-hybridized carbons (Fsp3) is 0.154. The summed E-state index contributed by atoms with van der Waals surface area (Å²) in [5.41, 5.74) is 6.79. The zero-order valence-corrected chi connectivity index (χ0v) is 17.2. The van der Waals surface area contributed by atoms with E-state index in [1.165, 1.54) is 0 Å². The summed E-state index contributed by atoms with van der Waals surface area (Å²) in [5, 5.41) is 1.05. The third kappa shape index (κ3) is 3.76. The van der Waals surface area contributed by atoms with Crippen molar-refractivity contribution in [1.82, 2.24) is 14.9 Å². The molecular weight excluding hydrogens is 386 g/mol. The van der Waals surface area contributed by atoms with Crippen LogP contribution in [0, 0.1) is 0 Å². The van der Waals surface area contributed by atoms with Gasteiger partial charge in [-0.1, -0.05) is 49.1 Å². The van der Waals surface area contributed by atoms with Crippen molar-refractivity contribution >= 4 is 23.0 Å². The van der Waals surface area contributed by atoms with Gasteiger partial charge >= 0.3 is 0 Å². The lowest BCUT2D eigenvalue weighted by Crippen LogP contribution is -2.40. The van der Waals surface area contributed by atoms with E-state index in [2.05, 4.69) is 46.9 Å². The van der Waals surface area contributed by atoms with E-state index in [1.54, 1.807) is 0 Å². The summed E-state index contributed by atoms with van der Waals surface area (Å²) < 4.78 is 5.36. The average molecular weight is 409 g/mol. The Bertz CT molecular complexity index is 1250. The summed E-state index contributed by atoms with van der Waals surface area (Å²) in [6, 6.07) is 18.2. The lowest BCUT2D eigenvalue weighted by Gasteiger charge is -2.27. The number of fused-ring (bicyclic) bond motifs is 1. The molecule has 0 saturated carbocycles. The molecule has 1 N–H and O–H groups in total. The standard InChI is InChI=1S/C26H23N3O2/c1-2-18-6-8-19(9-7-18)24-17-28-25-23(24)15-22(16-27-25)20-4-3-5-21(14-20)26(30)29-10-12-31-13-11-29/h2-9,14-17H,1,10-13H2,(H,27,28). The summed E-state index contributed by atoms with van der Waals surface area (Å²) in [4.78, 5) is 22.6. The Kier molecular flexibility index (Phi) is 5.10. The predicted octanol–water partition coefficient (Wildman–Crippen LogP) is 5.01. The molecule has 4 aromatic rings. The van der Waals surface area contributed by atoms with E-state index in [0.717, 1.165) is 38.9 Å². The van der Waals surface area contributed by atoms with Gasteiger partial charge in [-0.25, -0.2) is 4.98 Å². The third-order valence-electron chi connectivity index (χ3n) is 5.73. The van der Waals surface area contributed by atoms with Crippen molar-refractivity contribution in [1.29, 1.82) is 0 Å². The van der Waals surface area contributed by atoms with E-state index in [-0.39, 0.29) is 5.91 Å². The van der Waals surface area contributed by atoms with Gasteiger partial charge in [-0.15, -0.1) is 0 Å². The van der Waals surface area contributed by atoms with E-state index < -0.39 is 0 Å². The van der Waals surface area contributed by atoms with Crippen LogP contribution in [0.5, 0.6) is 0 Å². The molecule has 0 bridgehead atoms. The maximum atomic E-state index is 12.9. The van der Waals surface area contributed by atoms with Crippen LogP contribution in [0.25, 0.3) is 39.4 Å². The minimum atomic E-state index is 0.0452. The number of carbonyl (C=O) groups excluding carboxylic acids is 1. The molecule has 5 rings (SSSR count). The molecular formula is C26H23N3O2. The summed E-state index contributed by atoms with van der Waals surface area (Å²) in [6.45, 7) is 6.27. The Morgan fingerprint density at radius 1 is 1.03 bits per heavy atom. The van der Waals surface area contributed by atoms with Gasteiger partial charge in [0.25, 0.3) is 5.91 Å². The van der Waals surface area contributed by atoms with Crippen LogP contribution in [0.1, 0.15) is 15.9 Å². The highest BCUT2D eigenvalue weighted by atomic mass is 16.5.